The summed E-state index contributed by atoms with van der Waals surface area (Å²) in [5.41, 5.74) is 2.32. The van der Waals surface area contributed by atoms with Crippen molar-refractivity contribution in [3.05, 3.63) is 47.8 Å². The van der Waals surface area contributed by atoms with E-state index in [9.17, 15) is 0 Å². The molecule has 4 heteroatoms. The van der Waals surface area contributed by atoms with E-state index in [4.69, 9.17) is 0 Å². The van der Waals surface area contributed by atoms with Gasteiger partial charge in [0.1, 0.15) is 0 Å². The second-order valence-corrected chi connectivity index (χ2v) is 4.06. The van der Waals surface area contributed by atoms with Gasteiger partial charge in [0.25, 0.3) is 0 Å². The molecule has 0 bridgehead atoms. The molecule has 0 aliphatic heterocycles. The lowest BCUT2D eigenvalue weighted by molar-refractivity contribution is 0.680. The van der Waals surface area contributed by atoms with E-state index >= 15 is 0 Å². The molecule has 4 nitrogen and oxygen atoms in total. The van der Waals surface area contributed by atoms with Gasteiger partial charge in [-0.3, -0.25) is 0 Å². The van der Waals surface area contributed by atoms with Crippen LogP contribution >= 0.6 is 0 Å². The Morgan fingerprint density at radius 2 is 2.06 bits per heavy atom. The van der Waals surface area contributed by atoms with Gasteiger partial charge in [0, 0.05) is 13.5 Å². The maximum atomic E-state index is 4.46. The maximum Gasteiger partial charge on any atom is 0.221 e. The Kier molecular flexibility index (Phi) is 3.77. The van der Waals surface area contributed by atoms with E-state index in [2.05, 4.69) is 53.2 Å². The number of rotatable bonds is 5. The minimum Gasteiger partial charge on any atom is -0.357 e. The van der Waals surface area contributed by atoms with Crippen molar-refractivity contribution in [2.75, 3.05) is 12.4 Å². The fourth-order valence-electron chi connectivity index (χ4n) is 1.77. The minimum atomic E-state index is 0.723. The average molecular weight is 242 g/mol. The van der Waals surface area contributed by atoms with Crippen molar-refractivity contribution in [2.24, 2.45) is 0 Å². The molecule has 1 N–H and O–H groups in total. The number of benzene rings is 1. The van der Waals surface area contributed by atoms with E-state index in [0.29, 0.717) is 0 Å². The summed E-state index contributed by atoms with van der Waals surface area (Å²) in [5, 5.41) is 7.53. The van der Waals surface area contributed by atoms with Crippen molar-refractivity contribution in [3.63, 3.8) is 0 Å². The molecular weight excluding hydrogens is 224 g/mol. The van der Waals surface area contributed by atoms with Crippen LogP contribution in [0.3, 0.4) is 0 Å². The summed E-state index contributed by atoms with van der Waals surface area (Å²) in [6.45, 7) is 6.53. The summed E-state index contributed by atoms with van der Waals surface area (Å²) in [4.78, 5) is 4.40. The molecule has 1 aromatic carbocycles. The third-order valence-corrected chi connectivity index (χ3v) is 2.80. The van der Waals surface area contributed by atoms with Gasteiger partial charge in [-0.15, -0.1) is 0 Å². The molecule has 0 radical (unpaired) electrons. The molecule has 0 saturated carbocycles. The first-order valence-corrected chi connectivity index (χ1v) is 6.09. The molecular formula is C14H18N4. The summed E-state index contributed by atoms with van der Waals surface area (Å²) in [6, 6.07) is 8.28. The first-order valence-electron chi connectivity index (χ1n) is 6.09. The molecule has 0 unspecified atom stereocenters. The van der Waals surface area contributed by atoms with Crippen LogP contribution in [0.2, 0.25) is 0 Å². The van der Waals surface area contributed by atoms with E-state index in [-0.39, 0.29) is 0 Å². The highest BCUT2D eigenvalue weighted by molar-refractivity contribution is 5.47. The van der Waals surface area contributed by atoms with Crippen LogP contribution in [0, 0.1) is 0 Å². The third kappa shape index (κ3) is 2.59. The molecule has 0 aliphatic rings. The van der Waals surface area contributed by atoms with E-state index in [1.54, 1.807) is 0 Å². The Morgan fingerprint density at radius 1 is 1.33 bits per heavy atom. The highest BCUT2D eigenvalue weighted by Gasteiger charge is 2.07. The molecule has 1 aromatic heterocycles. The zero-order valence-electron chi connectivity index (χ0n) is 10.8. The fourth-order valence-corrected chi connectivity index (χ4v) is 1.77. The lowest BCUT2D eigenvalue weighted by atomic mass is 10.1. The van der Waals surface area contributed by atoms with E-state index in [1.807, 2.05) is 17.8 Å². The van der Waals surface area contributed by atoms with Gasteiger partial charge >= 0.3 is 0 Å². The summed E-state index contributed by atoms with van der Waals surface area (Å²) >= 11 is 0. The molecule has 1 heterocycles. The lowest BCUT2D eigenvalue weighted by Crippen LogP contribution is -2.06. The van der Waals surface area contributed by atoms with E-state index < -0.39 is 0 Å². The first kappa shape index (κ1) is 12.4. The SMILES string of the molecule is C=Cc1ccc(Cn2nc(CC)nc2NC)cc1. The predicted molar refractivity (Wildman–Crippen MR) is 74.6 cm³/mol. The summed E-state index contributed by atoms with van der Waals surface area (Å²) in [5.74, 6) is 1.67. The van der Waals surface area contributed by atoms with Gasteiger partial charge in [0.05, 0.1) is 6.54 Å². The maximum absolute atomic E-state index is 4.46. The van der Waals surface area contributed by atoms with Gasteiger partial charge in [0.2, 0.25) is 5.95 Å². The van der Waals surface area contributed by atoms with Crippen LogP contribution in [0.25, 0.3) is 6.08 Å². The molecule has 0 aliphatic carbocycles. The molecule has 0 amide bonds. The Balaban J connectivity index is 2.21. The quantitative estimate of drug-likeness (QED) is 0.876. The number of nitrogens with one attached hydrogen (secondary N) is 1. The highest BCUT2D eigenvalue weighted by Crippen LogP contribution is 2.11. The number of aryl methyl sites for hydroxylation is 1. The zero-order valence-corrected chi connectivity index (χ0v) is 10.8. The van der Waals surface area contributed by atoms with Gasteiger partial charge in [0.15, 0.2) is 5.82 Å². The van der Waals surface area contributed by atoms with Crippen LogP contribution in [0.15, 0.2) is 30.8 Å². The molecule has 0 atom stereocenters. The second kappa shape index (κ2) is 5.49. The predicted octanol–water partition coefficient (Wildman–Crippen LogP) is 2.57. The van der Waals surface area contributed by atoms with Gasteiger partial charge in [-0.1, -0.05) is 43.8 Å². The number of hydrogen-bond acceptors (Lipinski definition) is 3. The third-order valence-electron chi connectivity index (χ3n) is 2.80. The van der Waals surface area contributed by atoms with Crippen molar-refractivity contribution in [3.8, 4) is 0 Å². The number of hydrogen-bond donors (Lipinski definition) is 1. The Morgan fingerprint density at radius 3 is 2.61 bits per heavy atom. The van der Waals surface area contributed by atoms with Crippen molar-refractivity contribution in [2.45, 2.75) is 19.9 Å². The smallest absolute Gasteiger partial charge is 0.221 e. The highest BCUT2D eigenvalue weighted by atomic mass is 15.4. The van der Waals surface area contributed by atoms with E-state index in [1.165, 1.54) is 5.56 Å². The van der Waals surface area contributed by atoms with Gasteiger partial charge in [-0.25, -0.2) is 4.68 Å². The second-order valence-electron chi connectivity index (χ2n) is 4.06. The fraction of sp³-hybridized carbons (Fsp3) is 0.286. The van der Waals surface area contributed by atoms with Gasteiger partial charge in [-0.05, 0) is 11.1 Å². The minimum absolute atomic E-state index is 0.723. The van der Waals surface area contributed by atoms with Crippen molar-refractivity contribution in [1.29, 1.82) is 0 Å². The molecule has 0 saturated heterocycles. The monoisotopic (exact) mass is 242 g/mol. The topological polar surface area (TPSA) is 42.7 Å². The Labute approximate surface area is 107 Å². The number of anilines is 1. The molecule has 94 valence electrons. The molecule has 18 heavy (non-hydrogen) atoms. The molecule has 0 spiro atoms. The van der Waals surface area contributed by atoms with Crippen LogP contribution in [-0.4, -0.2) is 21.8 Å². The number of nitrogens with zero attached hydrogens (tertiary/aromatic N) is 3. The van der Waals surface area contributed by atoms with Crippen LogP contribution in [0.1, 0.15) is 23.9 Å². The van der Waals surface area contributed by atoms with Crippen LogP contribution < -0.4 is 5.32 Å². The molecule has 2 aromatic rings. The Hall–Kier alpha value is -2.10. The van der Waals surface area contributed by atoms with Gasteiger partial charge < -0.3 is 5.32 Å². The van der Waals surface area contributed by atoms with Crippen molar-refractivity contribution in [1.82, 2.24) is 14.8 Å². The number of aromatic nitrogens is 3. The van der Waals surface area contributed by atoms with Crippen molar-refractivity contribution >= 4 is 12.0 Å². The van der Waals surface area contributed by atoms with Crippen LogP contribution in [0.5, 0.6) is 0 Å². The lowest BCUT2D eigenvalue weighted by Gasteiger charge is -2.05. The summed E-state index contributed by atoms with van der Waals surface area (Å²) in [7, 11) is 1.86. The molecule has 2 rings (SSSR count). The van der Waals surface area contributed by atoms with E-state index in [0.717, 1.165) is 30.3 Å². The summed E-state index contributed by atoms with van der Waals surface area (Å²) < 4.78 is 1.89. The van der Waals surface area contributed by atoms with Crippen LogP contribution in [0.4, 0.5) is 5.95 Å². The Bertz CT molecular complexity index is 525. The zero-order chi connectivity index (χ0) is 13.0. The standard InChI is InChI=1S/C14H18N4/c1-4-11-6-8-12(9-7-11)10-18-14(15-3)16-13(5-2)17-18/h4,6-9H,1,5,10H2,2-3H3,(H,15,16,17). The normalized spacial score (nSPS) is 10.3. The first-order chi connectivity index (χ1) is 8.76. The van der Waals surface area contributed by atoms with Crippen LogP contribution in [-0.2, 0) is 13.0 Å². The van der Waals surface area contributed by atoms with Gasteiger partial charge in [-0.2, -0.15) is 10.1 Å². The molecule has 0 fully saturated rings. The average Bonchev–Trinajstić information content (AvgIpc) is 2.82. The largest absolute Gasteiger partial charge is 0.357 e. The van der Waals surface area contributed by atoms with Crippen molar-refractivity contribution < 1.29 is 0 Å². The summed E-state index contributed by atoms with van der Waals surface area (Å²) in [6.07, 6.45) is 2.69.